The Balaban J connectivity index is 1.67. The molecule has 3 nitrogen and oxygen atoms in total. The summed E-state index contributed by atoms with van der Waals surface area (Å²) in [6.07, 6.45) is 0.453. The molecule has 0 spiro atoms. The van der Waals surface area contributed by atoms with Gasteiger partial charge in [-0.25, -0.2) is 0 Å². The third kappa shape index (κ3) is 3.14. The first-order valence-electron chi connectivity index (χ1n) is 7.36. The normalized spacial score (nSPS) is 21.5. The molecular formula is C18H20N2O. The van der Waals surface area contributed by atoms with Crippen molar-refractivity contribution in [3.63, 3.8) is 0 Å². The van der Waals surface area contributed by atoms with Gasteiger partial charge in [-0.15, -0.1) is 0 Å². The third-order valence-corrected chi connectivity index (χ3v) is 4.14. The summed E-state index contributed by atoms with van der Waals surface area (Å²) in [5.74, 6) is 0.404. The lowest BCUT2D eigenvalue weighted by molar-refractivity contribution is -0.129. The molecule has 2 atom stereocenters. The highest BCUT2D eigenvalue weighted by Gasteiger charge is 2.33. The van der Waals surface area contributed by atoms with E-state index in [0.717, 1.165) is 12.1 Å². The van der Waals surface area contributed by atoms with Gasteiger partial charge in [-0.3, -0.25) is 4.79 Å². The summed E-state index contributed by atoms with van der Waals surface area (Å²) in [5, 5.41) is 0. The highest BCUT2D eigenvalue weighted by molar-refractivity contribution is 5.79. The number of likely N-dealkylation sites (tertiary alicyclic amines) is 1. The Labute approximate surface area is 125 Å². The first kappa shape index (κ1) is 13.8. The van der Waals surface area contributed by atoms with Gasteiger partial charge in [-0.2, -0.15) is 0 Å². The zero-order valence-electron chi connectivity index (χ0n) is 12.0. The second-order valence-corrected chi connectivity index (χ2v) is 5.64. The Bertz CT molecular complexity index is 597. The van der Waals surface area contributed by atoms with Crippen molar-refractivity contribution in [2.24, 2.45) is 5.73 Å². The van der Waals surface area contributed by atoms with Crippen LogP contribution in [0.15, 0.2) is 60.7 Å². The van der Waals surface area contributed by atoms with Crippen molar-refractivity contribution in [1.29, 1.82) is 0 Å². The highest BCUT2D eigenvalue weighted by Crippen LogP contribution is 2.26. The van der Waals surface area contributed by atoms with E-state index in [4.69, 9.17) is 5.73 Å². The maximum atomic E-state index is 12.4. The number of rotatable bonds is 3. The van der Waals surface area contributed by atoms with Gasteiger partial charge in [0.05, 0.1) is 6.42 Å². The van der Waals surface area contributed by atoms with E-state index in [0.29, 0.717) is 13.0 Å². The molecule has 2 N–H and O–H groups in total. The predicted octanol–water partition coefficient (Wildman–Crippen LogP) is 2.18. The van der Waals surface area contributed by atoms with Crippen molar-refractivity contribution >= 4 is 5.91 Å². The molecule has 1 aliphatic heterocycles. The summed E-state index contributed by atoms with van der Waals surface area (Å²) in [5.41, 5.74) is 8.52. The molecule has 108 valence electrons. The molecule has 1 heterocycles. The lowest BCUT2D eigenvalue weighted by Crippen LogP contribution is -2.33. The van der Waals surface area contributed by atoms with Crippen LogP contribution in [-0.2, 0) is 11.2 Å². The van der Waals surface area contributed by atoms with Gasteiger partial charge in [0.1, 0.15) is 0 Å². The van der Waals surface area contributed by atoms with E-state index in [1.165, 1.54) is 5.56 Å². The summed E-state index contributed by atoms with van der Waals surface area (Å²) >= 11 is 0. The van der Waals surface area contributed by atoms with Crippen molar-refractivity contribution in [3.8, 4) is 0 Å². The van der Waals surface area contributed by atoms with Crippen LogP contribution in [0.5, 0.6) is 0 Å². The number of hydrogen-bond donors (Lipinski definition) is 1. The number of amides is 1. The zero-order valence-corrected chi connectivity index (χ0v) is 12.0. The summed E-state index contributed by atoms with van der Waals surface area (Å²) in [4.78, 5) is 14.3. The largest absolute Gasteiger partial charge is 0.340 e. The number of hydrogen-bond acceptors (Lipinski definition) is 2. The zero-order chi connectivity index (χ0) is 14.7. The summed E-state index contributed by atoms with van der Waals surface area (Å²) < 4.78 is 0. The summed E-state index contributed by atoms with van der Waals surface area (Å²) in [7, 11) is 0. The molecule has 1 aliphatic rings. The molecule has 21 heavy (non-hydrogen) atoms. The van der Waals surface area contributed by atoms with E-state index in [-0.39, 0.29) is 17.9 Å². The van der Waals surface area contributed by atoms with Crippen LogP contribution in [0.1, 0.15) is 17.0 Å². The Morgan fingerprint density at radius 3 is 2.29 bits per heavy atom. The Morgan fingerprint density at radius 1 is 1.00 bits per heavy atom. The number of carbonyl (C=O) groups is 1. The van der Waals surface area contributed by atoms with Gasteiger partial charge < -0.3 is 10.6 Å². The lowest BCUT2D eigenvalue weighted by Gasteiger charge is -2.16. The fraction of sp³-hybridized carbons (Fsp3) is 0.278. The molecule has 0 bridgehead atoms. The van der Waals surface area contributed by atoms with Crippen molar-refractivity contribution < 1.29 is 4.79 Å². The maximum Gasteiger partial charge on any atom is 0.227 e. The molecule has 0 aliphatic carbocycles. The minimum atomic E-state index is 0.0205. The quantitative estimate of drug-likeness (QED) is 0.936. The van der Waals surface area contributed by atoms with E-state index in [2.05, 4.69) is 12.1 Å². The van der Waals surface area contributed by atoms with Crippen molar-refractivity contribution in [3.05, 3.63) is 71.8 Å². The molecule has 1 fully saturated rings. The van der Waals surface area contributed by atoms with E-state index in [1.54, 1.807) is 0 Å². The molecule has 2 aromatic carbocycles. The highest BCUT2D eigenvalue weighted by atomic mass is 16.2. The average molecular weight is 280 g/mol. The number of carbonyl (C=O) groups excluding carboxylic acids is 1. The monoisotopic (exact) mass is 280 g/mol. The van der Waals surface area contributed by atoms with Crippen LogP contribution in [0, 0.1) is 0 Å². The van der Waals surface area contributed by atoms with Crippen LogP contribution >= 0.6 is 0 Å². The number of benzene rings is 2. The maximum absolute atomic E-state index is 12.4. The van der Waals surface area contributed by atoms with Gasteiger partial charge in [0.15, 0.2) is 0 Å². The van der Waals surface area contributed by atoms with Gasteiger partial charge in [0.2, 0.25) is 5.91 Å². The Kier molecular flexibility index (Phi) is 4.02. The fourth-order valence-electron chi connectivity index (χ4n) is 2.97. The topological polar surface area (TPSA) is 46.3 Å². The molecule has 0 saturated carbocycles. The van der Waals surface area contributed by atoms with Crippen LogP contribution in [-0.4, -0.2) is 29.9 Å². The fourth-order valence-corrected chi connectivity index (χ4v) is 2.97. The molecule has 2 aromatic rings. The lowest BCUT2D eigenvalue weighted by atomic mass is 9.95. The van der Waals surface area contributed by atoms with Crippen LogP contribution in [0.2, 0.25) is 0 Å². The molecule has 3 heteroatoms. The molecule has 0 radical (unpaired) electrons. The van der Waals surface area contributed by atoms with Crippen molar-refractivity contribution in [2.75, 3.05) is 13.1 Å². The average Bonchev–Trinajstić information content (AvgIpc) is 2.91. The van der Waals surface area contributed by atoms with Crippen LogP contribution in [0.3, 0.4) is 0 Å². The molecule has 0 aromatic heterocycles. The molecular weight excluding hydrogens is 260 g/mol. The van der Waals surface area contributed by atoms with E-state index in [1.807, 2.05) is 53.4 Å². The molecule has 1 amide bonds. The Morgan fingerprint density at radius 2 is 1.62 bits per heavy atom. The van der Waals surface area contributed by atoms with E-state index >= 15 is 0 Å². The first-order valence-corrected chi connectivity index (χ1v) is 7.36. The van der Waals surface area contributed by atoms with Crippen LogP contribution < -0.4 is 5.73 Å². The van der Waals surface area contributed by atoms with Gasteiger partial charge in [-0.05, 0) is 11.1 Å². The standard InChI is InChI=1S/C18H20N2O/c19-17-13-20(12-16(17)15-9-5-2-6-10-15)18(21)11-14-7-3-1-4-8-14/h1-10,16-17H,11-13,19H2/t16-,17+/m0/s1. The second kappa shape index (κ2) is 6.10. The van der Waals surface area contributed by atoms with E-state index < -0.39 is 0 Å². The first-order chi connectivity index (χ1) is 10.2. The summed E-state index contributed by atoms with van der Waals surface area (Å²) in [6.45, 7) is 1.36. The second-order valence-electron chi connectivity index (χ2n) is 5.64. The Hall–Kier alpha value is -2.13. The van der Waals surface area contributed by atoms with Gasteiger partial charge in [0, 0.05) is 25.0 Å². The minimum absolute atomic E-state index is 0.0205. The van der Waals surface area contributed by atoms with Gasteiger partial charge in [-0.1, -0.05) is 60.7 Å². The summed E-state index contributed by atoms with van der Waals surface area (Å²) in [6, 6.07) is 20.1. The SMILES string of the molecule is N[C@@H]1CN(C(=O)Cc2ccccc2)C[C@H]1c1ccccc1. The molecule has 1 saturated heterocycles. The van der Waals surface area contributed by atoms with Gasteiger partial charge >= 0.3 is 0 Å². The molecule has 0 unspecified atom stereocenters. The van der Waals surface area contributed by atoms with Crippen molar-refractivity contribution in [2.45, 2.75) is 18.4 Å². The van der Waals surface area contributed by atoms with Crippen LogP contribution in [0.4, 0.5) is 0 Å². The predicted molar refractivity (Wildman–Crippen MR) is 83.9 cm³/mol. The van der Waals surface area contributed by atoms with Gasteiger partial charge in [0.25, 0.3) is 0 Å². The number of nitrogens with zero attached hydrogens (tertiary/aromatic N) is 1. The van der Waals surface area contributed by atoms with Crippen molar-refractivity contribution in [1.82, 2.24) is 4.90 Å². The smallest absolute Gasteiger partial charge is 0.227 e. The minimum Gasteiger partial charge on any atom is -0.340 e. The molecule has 3 rings (SSSR count). The van der Waals surface area contributed by atoms with Crippen LogP contribution in [0.25, 0.3) is 0 Å². The third-order valence-electron chi connectivity index (χ3n) is 4.14. The van der Waals surface area contributed by atoms with E-state index in [9.17, 15) is 4.79 Å². The number of nitrogens with two attached hydrogens (primary N) is 1.